The minimum absolute atomic E-state index is 0.0000316. The quantitative estimate of drug-likeness (QED) is 0.342. The lowest BCUT2D eigenvalue weighted by Crippen LogP contribution is -2.70. The fourth-order valence-corrected chi connectivity index (χ4v) is 6.24. The van der Waals surface area contributed by atoms with Crippen LogP contribution in [0.2, 0.25) is 0 Å². The molecule has 3 aliphatic heterocycles. The van der Waals surface area contributed by atoms with Crippen LogP contribution in [0.1, 0.15) is 19.4 Å². The molecule has 3 fully saturated rings. The molecule has 5 atom stereocenters. The first-order valence-electron chi connectivity index (χ1n) is 13.3. The molecule has 3 aliphatic rings. The third kappa shape index (κ3) is 4.11. The Bertz CT molecular complexity index is 1380. The molecule has 8 nitrogen and oxygen atoms in total. The van der Waals surface area contributed by atoms with E-state index >= 15 is 0 Å². The van der Waals surface area contributed by atoms with Crippen molar-refractivity contribution in [3.05, 3.63) is 90.5 Å². The van der Waals surface area contributed by atoms with Crippen LogP contribution in [-0.2, 0) is 25.8 Å². The molecular formula is C31H31N3O5. The lowest BCUT2D eigenvalue weighted by molar-refractivity contribution is -0.184. The van der Waals surface area contributed by atoms with Gasteiger partial charge in [-0.1, -0.05) is 62.4 Å². The first-order valence-corrected chi connectivity index (χ1v) is 13.3. The van der Waals surface area contributed by atoms with Crippen LogP contribution in [0.25, 0.3) is 0 Å². The van der Waals surface area contributed by atoms with E-state index in [4.69, 9.17) is 9.57 Å². The molecule has 0 saturated carbocycles. The maximum atomic E-state index is 14.0. The summed E-state index contributed by atoms with van der Waals surface area (Å²) in [5, 5.41) is 1.77. The average molecular weight is 526 g/mol. The Kier molecular flexibility index (Phi) is 6.45. The number of ether oxygens (including phenoxy) is 1. The number of hydroxylamine groups is 2. The van der Waals surface area contributed by atoms with Crippen LogP contribution in [0.4, 0.5) is 11.4 Å². The Morgan fingerprint density at radius 2 is 1.41 bits per heavy atom. The molecule has 3 amide bonds. The van der Waals surface area contributed by atoms with E-state index in [-0.39, 0.29) is 35.6 Å². The van der Waals surface area contributed by atoms with Crippen molar-refractivity contribution >= 4 is 29.1 Å². The molecule has 0 N–H and O–H groups in total. The topological polar surface area (TPSA) is 79.4 Å². The highest BCUT2D eigenvalue weighted by molar-refractivity contribution is 6.23. The van der Waals surface area contributed by atoms with E-state index in [1.165, 1.54) is 4.90 Å². The Morgan fingerprint density at radius 3 is 2.03 bits per heavy atom. The summed E-state index contributed by atoms with van der Waals surface area (Å²) in [4.78, 5) is 50.6. The van der Waals surface area contributed by atoms with Crippen LogP contribution in [0, 0.1) is 17.8 Å². The third-order valence-electron chi connectivity index (χ3n) is 8.05. The van der Waals surface area contributed by atoms with E-state index < -0.39 is 18.1 Å². The van der Waals surface area contributed by atoms with E-state index in [0.717, 1.165) is 11.3 Å². The van der Waals surface area contributed by atoms with Gasteiger partial charge in [-0.15, -0.1) is 0 Å². The molecule has 0 bridgehead atoms. The van der Waals surface area contributed by atoms with Crippen molar-refractivity contribution in [3.8, 4) is 5.75 Å². The SMILES string of the molecule is COc1ccc(N2C(=O)[C@@H](C(C)C)[C@H]2[C@@H]2[C@H]3C(=O)N(c4ccccc4)C(=O)[C@H]3ON2Cc2ccccc2)cc1. The number of amides is 3. The van der Waals surface area contributed by atoms with Gasteiger partial charge in [-0.2, -0.15) is 5.06 Å². The van der Waals surface area contributed by atoms with E-state index in [1.807, 2.05) is 74.5 Å². The van der Waals surface area contributed by atoms with Crippen molar-refractivity contribution < 1.29 is 24.0 Å². The number of benzene rings is 3. The van der Waals surface area contributed by atoms with Gasteiger partial charge in [-0.25, -0.2) is 4.90 Å². The third-order valence-corrected chi connectivity index (χ3v) is 8.05. The van der Waals surface area contributed by atoms with Gasteiger partial charge in [0.1, 0.15) is 5.75 Å². The van der Waals surface area contributed by atoms with Crippen molar-refractivity contribution in [3.63, 3.8) is 0 Å². The predicted molar refractivity (Wildman–Crippen MR) is 146 cm³/mol. The summed E-state index contributed by atoms with van der Waals surface area (Å²) in [6, 6.07) is 25.2. The van der Waals surface area contributed by atoms with Gasteiger partial charge >= 0.3 is 0 Å². The monoisotopic (exact) mass is 525 g/mol. The average Bonchev–Trinajstić information content (AvgIpc) is 3.42. The maximum Gasteiger partial charge on any atom is 0.265 e. The number of carbonyl (C=O) groups is 3. The second kappa shape index (κ2) is 9.94. The number of hydrogen-bond acceptors (Lipinski definition) is 6. The van der Waals surface area contributed by atoms with Crippen molar-refractivity contribution in [1.82, 2.24) is 5.06 Å². The summed E-state index contributed by atoms with van der Waals surface area (Å²) in [6.07, 6.45) is -0.951. The van der Waals surface area contributed by atoms with Crippen LogP contribution in [-0.4, -0.2) is 48.1 Å². The summed E-state index contributed by atoms with van der Waals surface area (Å²) >= 11 is 0. The first kappa shape index (κ1) is 25.3. The predicted octanol–water partition coefficient (Wildman–Crippen LogP) is 4.06. The van der Waals surface area contributed by atoms with E-state index in [1.54, 1.807) is 41.3 Å². The zero-order valence-corrected chi connectivity index (χ0v) is 22.1. The van der Waals surface area contributed by atoms with Gasteiger partial charge in [0.25, 0.3) is 5.91 Å². The van der Waals surface area contributed by atoms with E-state index in [0.29, 0.717) is 18.0 Å². The fraction of sp³-hybridized carbons (Fsp3) is 0.323. The summed E-state index contributed by atoms with van der Waals surface area (Å²) in [6.45, 7) is 4.43. The summed E-state index contributed by atoms with van der Waals surface area (Å²) in [7, 11) is 1.60. The van der Waals surface area contributed by atoms with Crippen LogP contribution in [0.5, 0.6) is 5.75 Å². The number of imide groups is 1. The zero-order chi connectivity index (χ0) is 27.3. The molecule has 200 valence electrons. The second-order valence-electron chi connectivity index (χ2n) is 10.6. The van der Waals surface area contributed by atoms with Crippen LogP contribution in [0.3, 0.4) is 0 Å². The standard InChI is InChI=1S/C31H31N3O5/c1-19(2)24-27(33(29(24)35)22-14-16-23(38-3)17-15-22)26-25-28(39-32(26)18-20-10-6-4-7-11-20)31(37)34(30(25)36)21-12-8-5-9-13-21/h4-17,19,24-28H,18H2,1-3H3/t24-,25+,26-,27-,28-/m0/s1. The zero-order valence-electron chi connectivity index (χ0n) is 22.1. The number of para-hydroxylation sites is 1. The number of β-lactam (4-membered cyclic amide) rings is 1. The lowest BCUT2D eigenvalue weighted by atomic mass is 9.71. The number of rotatable bonds is 7. The molecule has 39 heavy (non-hydrogen) atoms. The molecule has 3 aromatic rings. The minimum atomic E-state index is -0.951. The van der Waals surface area contributed by atoms with Gasteiger partial charge in [0.05, 0.1) is 36.7 Å². The van der Waals surface area contributed by atoms with Crippen molar-refractivity contribution in [2.75, 3.05) is 16.9 Å². The van der Waals surface area contributed by atoms with Crippen LogP contribution >= 0.6 is 0 Å². The lowest BCUT2D eigenvalue weighted by Gasteiger charge is -2.53. The summed E-state index contributed by atoms with van der Waals surface area (Å²) in [5.41, 5.74) is 2.24. The van der Waals surface area contributed by atoms with Gasteiger partial charge in [0, 0.05) is 12.2 Å². The van der Waals surface area contributed by atoms with Crippen LogP contribution < -0.4 is 14.5 Å². The number of fused-ring (bicyclic) bond motifs is 1. The molecule has 8 heteroatoms. The Labute approximate surface area is 227 Å². The van der Waals surface area contributed by atoms with Crippen molar-refractivity contribution in [2.45, 2.75) is 38.6 Å². The molecule has 3 heterocycles. The highest BCUT2D eigenvalue weighted by atomic mass is 16.7. The minimum Gasteiger partial charge on any atom is -0.497 e. The summed E-state index contributed by atoms with van der Waals surface area (Å²) < 4.78 is 5.31. The highest BCUT2D eigenvalue weighted by Gasteiger charge is 2.66. The van der Waals surface area contributed by atoms with Gasteiger partial charge < -0.3 is 9.64 Å². The molecule has 0 spiro atoms. The Balaban J connectivity index is 1.42. The van der Waals surface area contributed by atoms with Crippen molar-refractivity contribution in [2.24, 2.45) is 17.8 Å². The summed E-state index contributed by atoms with van der Waals surface area (Å²) in [5.74, 6) is -1.03. The molecular weight excluding hydrogens is 494 g/mol. The number of nitrogens with zero attached hydrogens (tertiary/aromatic N) is 3. The number of carbonyl (C=O) groups excluding carboxylic acids is 3. The van der Waals surface area contributed by atoms with Gasteiger partial charge in [-0.05, 0) is 47.9 Å². The van der Waals surface area contributed by atoms with Gasteiger partial charge in [-0.3, -0.25) is 19.2 Å². The molecule has 0 aliphatic carbocycles. The molecule has 6 rings (SSSR count). The van der Waals surface area contributed by atoms with Gasteiger partial charge in [0.15, 0.2) is 6.10 Å². The normalized spacial score (nSPS) is 26.8. The number of methoxy groups -OCH3 is 1. The number of hydrogen-bond donors (Lipinski definition) is 0. The van der Waals surface area contributed by atoms with Gasteiger partial charge in [0.2, 0.25) is 11.8 Å². The highest BCUT2D eigenvalue weighted by Crippen LogP contribution is 2.48. The first-order chi connectivity index (χ1) is 18.9. The maximum absolute atomic E-state index is 14.0. The smallest absolute Gasteiger partial charge is 0.265 e. The largest absolute Gasteiger partial charge is 0.497 e. The molecule has 0 radical (unpaired) electrons. The van der Waals surface area contributed by atoms with E-state index in [2.05, 4.69) is 0 Å². The molecule has 3 aromatic carbocycles. The fourth-order valence-electron chi connectivity index (χ4n) is 6.24. The van der Waals surface area contributed by atoms with Crippen LogP contribution in [0.15, 0.2) is 84.9 Å². The van der Waals surface area contributed by atoms with Crippen molar-refractivity contribution in [1.29, 1.82) is 0 Å². The Hall–Kier alpha value is -4.01. The van der Waals surface area contributed by atoms with E-state index in [9.17, 15) is 14.4 Å². The second-order valence-corrected chi connectivity index (χ2v) is 10.6. The molecule has 0 aromatic heterocycles. The number of anilines is 2. The molecule has 3 saturated heterocycles. The molecule has 0 unspecified atom stereocenters. The Morgan fingerprint density at radius 1 is 0.769 bits per heavy atom.